The average Bonchev–Trinajstić information content (AvgIpc) is 2.92. The number of para-hydroxylation sites is 2. The fourth-order valence-corrected chi connectivity index (χ4v) is 3.93. The van der Waals surface area contributed by atoms with E-state index in [4.69, 9.17) is 4.74 Å². The molecule has 1 spiro atoms. The van der Waals surface area contributed by atoms with Crippen molar-refractivity contribution in [2.24, 2.45) is 7.05 Å². The van der Waals surface area contributed by atoms with E-state index in [1.54, 1.807) is 0 Å². The first-order chi connectivity index (χ1) is 11.6. The molecule has 4 rings (SSSR count). The molecule has 2 aliphatic rings. The molecule has 0 radical (unpaired) electrons. The summed E-state index contributed by atoms with van der Waals surface area (Å²) in [6.45, 7) is 4.20. The molecular formula is C18H24N4O2. The number of ether oxygens (including phenoxy) is 1. The zero-order chi connectivity index (χ0) is 16.7. The molecule has 2 fully saturated rings. The lowest BCUT2D eigenvalue weighted by atomic mass is 9.89. The summed E-state index contributed by atoms with van der Waals surface area (Å²) in [6, 6.07) is 7.87. The number of aryl methyl sites for hydroxylation is 1. The lowest BCUT2D eigenvalue weighted by Gasteiger charge is -2.46. The molecule has 0 unspecified atom stereocenters. The molecule has 24 heavy (non-hydrogen) atoms. The second-order valence-electron chi connectivity index (χ2n) is 7.04. The minimum absolute atomic E-state index is 0.0210. The molecule has 0 saturated carbocycles. The predicted octanol–water partition coefficient (Wildman–Crippen LogP) is 1.51. The monoisotopic (exact) mass is 328 g/mol. The Bertz CT molecular complexity index is 761. The maximum absolute atomic E-state index is 12.9. The smallest absolute Gasteiger partial charge is 0.289 e. The molecule has 0 bridgehead atoms. The second kappa shape index (κ2) is 5.86. The van der Waals surface area contributed by atoms with Crippen LogP contribution in [0.15, 0.2) is 24.3 Å². The zero-order valence-electron chi connectivity index (χ0n) is 14.4. The average molecular weight is 328 g/mol. The van der Waals surface area contributed by atoms with E-state index in [-0.39, 0.29) is 11.5 Å². The number of benzene rings is 1. The van der Waals surface area contributed by atoms with Gasteiger partial charge in [0.25, 0.3) is 5.91 Å². The lowest BCUT2D eigenvalue weighted by molar-refractivity contribution is -0.127. The molecule has 0 atom stereocenters. The van der Waals surface area contributed by atoms with Crippen LogP contribution in [0.5, 0.6) is 0 Å². The van der Waals surface area contributed by atoms with E-state index in [0.717, 1.165) is 56.7 Å². The molecule has 1 aromatic heterocycles. The van der Waals surface area contributed by atoms with Crippen molar-refractivity contribution in [2.45, 2.75) is 18.4 Å². The number of piperidine rings is 1. The third-order valence-electron chi connectivity index (χ3n) is 5.38. The van der Waals surface area contributed by atoms with Crippen molar-refractivity contribution in [3.8, 4) is 0 Å². The minimum Gasteiger partial charge on any atom is -0.372 e. The van der Waals surface area contributed by atoms with Crippen LogP contribution in [0, 0.1) is 0 Å². The van der Waals surface area contributed by atoms with Crippen molar-refractivity contribution in [2.75, 3.05) is 39.8 Å². The second-order valence-corrected chi connectivity index (χ2v) is 7.04. The summed E-state index contributed by atoms with van der Waals surface area (Å²) in [5.74, 6) is 0.543. The van der Waals surface area contributed by atoms with Crippen LogP contribution in [-0.2, 0) is 11.8 Å². The van der Waals surface area contributed by atoms with Crippen molar-refractivity contribution in [1.82, 2.24) is 19.4 Å². The number of likely N-dealkylation sites (N-methyl/N-ethyl adjacent to an activating group) is 1. The van der Waals surface area contributed by atoms with E-state index in [9.17, 15) is 4.79 Å². The van der Waals surface area contributed by atoms with Crippen molar-refractivity contribution < 1.29 is 9.53 Å². The minimum atomic E-state index is -0.0733. The molecule has 3 heterocycles. The fourth-order valence-electron chi connectivity index (χ4n) is 3.93. The molecule has 128 valence electrons. The number of nitrogens with zero attached hydrogens (tertiary/aromatic N) is 4. The number of likely N-dealkylation sites (tertiary alicyclic amines) is 1. The normalized spacial score (nSPS) is 21.5. The third kappa shape index (κ3) is 2.59. The first-order valence-corrected chi connectivity index (χ1v) is 8.61. The van der Waals surface area contributed by atoms with Gasteiger partial charge in [0, 0.05) is 33.2 Å². The summed E-state index contributed by atoms with van der Waals surface area (Å²) in [4.78, 5) is 21.7. The number of hydrogen-bond acceptors (Lipinski definition) is 4. The number of hydrogen-bond donors (Lipinski definition) is 0. The zero-order valence-corrected chi connectivity index (χ0v) is 14.4. The first kappa shape index (κ1) is 15.6. The summed E-state index contributed by atoms with van der Waals surface area (Å²) in [7, 11) is 4.05. The molecule has 1 aromatic carbocycles. The van der Waals surface area contributed by atoms with Gasteiger partial charge in [-0.05, 0) is 32.0 Å². The highest BCUT2D eigenvalue weighted by atomic mass is 16.5. The summed E-state index contributed by atoms with van der Waals surface area (Å²) in [5.41, 5.74) is 1.79. The summed E-state index contributed by atoms with van der Waals surface area (Å²) in [6.07, 6.45) is 1.79. The van der Waals surface area contributed by atoms with E-state index in [0.29, 0.717) is 5.82 Å². The Balaban J connectivity index is 1.50. The van der Waals surface area contributed by atoms with E-state index in [2.05, 4.69) is 16.9 Å². The van der Waals surface area contributed by atoms with Crippen LogP contribution in [0.25, 0.3) is 11.0 Å². The van der Waals surface area contributed by atoms with E-state index in [1.807, 2.05) is 40.8 Å². The van der Waals surface area contributed by atoms with Crippen LogP contribution in [-0.4, -0.2) is 70.7 Å². The van der Waals surface area contributed by atoms with Gasteiger partial charge in [-0.2, -0.15) is 0 Å². The predicted molar refractivity (Wildman–Crippen MR) is 92.0 cm³/mol. The Kier molecular flexibility index (Phi) is 3.81. The van der Waals surface area contributed by atoms with Gasteiger partial charge >= 0.3 is 0 Å². The number of morpholine rings is 1. The molecule has 2 saturated heterocycles. The number of carbonyl (C=O) groups excluding carboxylic acids is 1. The number of fused-ring (bicyclic) bond motifs is 1. The van der Waals surface area contributed by atoms with Gasteiger partial charge in [0.1, 0.15) is 0 Å². The molecule has 0 N–H and O–H groups in total. The van der Waals surface area contributed by atoms with Gasteiger partial charge in [-0.15, -0.1) is 0 Å². The molecule has 1 amide bonds. The summed E-state index contributed by atoms with van der Waals surface area (Å²) in [5, 5.41) is 0. The number of carbonyl (C=O) groups is 1. The fraction of sp³-hybridized carbons (Fsp3) is 0.556. The van der Waals surface area contributed by atoms with Crippen molar-refractivity contribution in [3.63, 3.8) is 0 Å². The Hall–Kier alpha value is -1.92. The Morgan fingerprint density at radius 1 is 1.17 bits per heavy atom. The van der Waals surface area contributed by atoms with Gasteiger partial charge in [0.15, 0.2) is 5.82 Å². The lowest BCUT2D eigenvalue weighted by Crippen LogP contribution is -2.56. The summed E-state index contributed by atoms with van der Waals surface area (Å²) < 4.78 is 7.98. The molecule has 2 aliphatic heterocycles. The molecule has 2 aromatic rings. The van der Waals surface area contributed by atoms with E-state index >= 15 is 0 Å². The van der Waals surface area contributed by atoms with Gasteiger partial charge in [0.2, 0.25) is 0 Å². The van der Waals surface area contributed by atoms with Gasteiger partial charge in [-0.25, -0.2) is 4.98 Å². The van der Waals surface area contributed by atoms with Crippen molar-refractivity contribution in [3.05, 3.63) is 30.1 Å². The van der Waals surface area contributed by atoms with Gasteiger partial charge in [-0.3, -0.25) is 4.79 Å². The van der Waals surface area contributed by atoms with Crippen LogP contribution < -0.4 is 0 Å². The molecule has 6 heteroatoms. The van der Waals surface area contributed by atoms with Gasteiger partial charge in [0.05, 0.1) is 23.2 Å². The molecule has 6 nitrogen and oxygen atoms in total. The maximum atomic E-state index is 12.9. The Morgan fingerprint density at radius 2 is 1.92 bits per heavy atom. The third-order valence-corrected chi connectivity index (χ3v) is 5.38. The Morgan fingerprint density at radius 3 is 2.62 bits per heavy atom. The number of imidazole rings is 1. The maximum Gasteiger partial charge on any atom is 0.289 e. The molecule has 0 aliphatic carbocycles. The highest BCUT2D eigenvalue weighted by Gasteiger charge is 2.40. The van der Waals surface area contributed by atoms with Crippen molar-refractivity contribution in [1.29, 1.82) is 0 Å². The quantitative estimate of drug-likeness (QED) is 0.796. The first-order valence-electron chi connectivity index (χ1n) is 8.61. The highest BCUT2D eigenvalue weighted by Crippen LogP contribution is 2.30. The standard InChI is InChI=1S/C18H24N4O2/c1-20-11-12-24-18(13-20)7-9-22(10-8-18)17(23)16-19-14-5-3-4-6-15(14)21(16)2/h3-6H,7-13H2,1-2H3. The number of amides is 1. The number of rotatable bonds is 1. The topological polar surface area (TPSA) is 50.6 Å². The summed E-state index contributed by atoms with van der Waals surface area (Å²) >= 11 is 0. The Labute approximate surface area is 142 Å². The highest BCUT2D eigenvalue weighted by molar-refractivity contribution is 5.94. The largest absolute Gasteiger partial charge is 0.372 e. The van der Waals surface area contributed by atoms with Gasteiger partial charge in [-0.1, -0.05) is 12.1 Å². The van der Waals surface area contributed by atoms with Gasteiger partial charge < -0.3 is 19.1 Å². The van der Waals surface area contributed by atoms with Crippen LogP contribution in [0.2, 0.25) is 0 Å². The van der Waals surface area contributed by atoms with Crippen LogP contribution in [0.3, 0.4) is 0 Å². The number of aromatic nitrogens is 2. The van der Waals surface area contributed by atoms with Crippen molar-refractivity contribution >= 4 is 16.9 Å². The van der Waals surface area contributed by atoms with E-state index in [1.165, 1.54) is 0 Å². The van der Waals surface area contributed by atoms with Crippen LogP contribution in [0.1, 0.15) is 23.5 Å². The van der Waals surface area contributed by atoms with Crippen LogP contribution in [0.4, 0.5) is 0 Å². The SMILES string of the molecule is CN1CCOC2(CCN(C(=O)c3nc4ccccc4n3C)CC2)C1. The molecular weight excluding hydrogens is 304 g/mol. The van der Waals surface area contributed by atoms with Crippen LogP contribution >= 0.6 is 0 Å². The van der Waals surface area contributed by atoms with E-state index < -0.39 is 0 Å².